The molecule has 0 aliphatic carbocycles. The van der Waals surface area contributed by atoms with Crippen LogP contribution in [0.4, 0.5) is 22.7 Å². The number of nitrogens with two attached hydrogens (primary N) is 1. The Morgan fingerprint density at radius 2 is 1.48 bits per heavy atom. The van der Waals surface area contributed by atoms with Gasteiger partial charge in [0.1, 0.15) is 0 Å². The van der Waals surface area contributed by atoms with Gasteiger partial charge >= 0.3 is 0 Å². The van der Waals surface area contributed by atoms with Crippen molar-refractivity contribution >= 4 is 28.7 Å². The predicted octanol–water partition coefficient (Wildman–Crippen LogP) is 4.36. The third-order valence-electron chi connectivity index (χ3n) is 3.53. The first kappa shape index (κ1) is 16.4. The summed E-state index contributed by atoms with van der Waals surface area (Å²) < 4.78 is 0. The quantitative estimate of drug-likeness (QED) is 0.538. The average Bonchev–Trinajstić information content (AvgIpc) is 2.63. The molecule has 3 aromatic carbocycles. The van der Waals surface area contributed by atoms with Crippen molar-refractivity contribution in [1.29, 1.82) is 0 Å². The maximum absolute atomic E-state index is 12.0. The van der Waals surface area contributed by atoms with E-state index in [1.807, 2.05) is 54.6 Å². The standard InChI is InChI=1S/C20H19N3O2/c1-15(24)23(25-20-13-7-16(21)8-14-20)19-11-9-18(10-12-19)22-17-5-3-2-4-6-17/h2-14,22H,21H2,1H3. The predicted molar refractivity (Wildman–Crippen MR) is 101 cm³/mol. The third kappa shape index (κ3) is 4.29. The van der Waals surface area contributed by atoms with E-state index in [0.29, 0.717) is 17.1 Å². The first-order valence-electron chi connectivity index (χ1n) is 7.88. The van der Waals surface area contributed by atoms with Gasteiger partial charge in [0.25, 0.3) is 5.91 Å². The van der Waals surface area contributed by atoms with Crippen LogP contribution >= 0.6 is 0 Å². The summed E-state index contributed by atoms with van der Waals surface area (Å²) in [5.74, 6) is 0.316. The molecule has 126 valence electrons. The molecule has 0 fully saturated rings. The van der Waals surface area contributed by atoms with E-state index in [1.54, 1.807) is 24.3 Å². The molecule has 25 heavy (non-hydrogen) atoms. The Bertz CT molecular complexity index is 831. The highest BCUT2D eigenvalue weighted by Crippen LogP contribution is 2.23. The molecule has 5 nitrogen and oxygen atoms in total. The zero-order valence-electron chi connectivity index (χ0n) is 13.8. The maximum Gasteiger partial charge on any atom is 0.256 e. The minimum absolute atomic E-state index is 0.222. The van der Waals surface area contributed by atoms with Crippen LogP contribution in [0.5, 0.6) is 5.75 Å². The molecule has 0 aliphatic heterocycles. The first-order valence-corrected chi connectivity index (χ1v) is 7.88. The topological polar surface area (TPSA) is 67.6 Å². The zero-order valence-corrected chi connectivity index (χ0v) is 13.8. The van der Waals surface area contributed by atoms with Gasteiger partial charge in [-0.1, -0.05) is 18.2 Å². The summed E-state index contributed by atoms with van der Waals surface area (Å²) in [4.78, 5) is 17.6. The maximum atomic E-state index is 12.0. The molecule has 0 saturated heterocycles. The molecule has 3 aromatic rings. The number of hydroxylamine groups is 1. The second kappa shape index (κ2) is 7.40. The van der Waals surface area contributed by atoms with Crippen molar-refractivity contribution in [2.75, 3.05) is 16.1 Å². The second-order valence-electron chi connectivity index (χ2n) is 5.51. The molecule has 3 N–H and O–H groups in total. The normalized spacial score (nSPS) is 10.1. The molecule has 0 atom stereocenters. The number of para-hydroxylation sites is 1. The summed E-state index contributed by atoms with van der Waals surface area (Å²) in [5.41, 5.74) is 8.86. The van der Waals surface area contributed by atoms with Crippen LogP contribution in [0.1, 0.15) is 6.92 Å². The van der Waals surface area contributed by atoms with E-state index in [9.17, 15) is 4.79 Å². The van der Waals surface area contributed by atoms with Crippen LogP contribution < -0.4 is 21.0 Å². The van der Waals surface area contributed by atoms with E-state index >= 15 is 0 Å². The van der Waals surface area contributed by atoms with Crippen LogP contribution in [0.2, 0.25) is 0 Å². The number of rotatable bonds is 5. The highest BCUT2D eigenvalue weighted by Gasteiger charge is 2.14. The molecular weight excluding hydrogens is 314 g/mol. The van der Waals surface area contributed by atoms with Crippen LogP contribution in [0, 0.1) is 0 Å². The van der Waals surface area contributed by atoms with Crippen molar-refractivity contribution in [3.63, 3.8) is 0 Å². The summed E-state index contributed by atoms with van der Waals surface area (Å²) in [7, 11) is 0. The van der Waals surface area contributed by atoms with Crippen molar-refractivity contribution in [2.24, 2.45) is 0 Å². The minimum Gasteiger partial charge on any atom is -0.399 e. The molecule has 0 saturated carbocycles. The largest absolute Gasteiger partial charge is 0.399 e. The molecule has 0 unspecified atom stereocenters. The van der Waals surface area contributed by atoms with E-state index in [2.05, 4.69) is 5.32 Å². The lowest BCUT2D eigenvalue weighted by Crippen LogP contribution is -2.32. The second-order valence-corrected chi connectivity index (χ2v) is 5.51. The number of amides is 1. The smallest absolute Gasteiger partial charge is 0.256 e. The summed E-state index contributed by atoms with van der Waals surface area (Å²) in [5, 5.41) is 4.54. The molecule has 0 radical (unpaired) electrons. The van der Waals surface area contributed by atoms with Crippen LogP contribution in [0.3, 0.4) is 0 Å². The molecule has 0 heterocycles. The van der Waals surface area contributed by atoms with Gasteiger partial charge in [-0.25, -0.2) is 0 Å². The number of nitrogen functional groups attached to an aromatic ring is 1. The Kier molecular flexibility index (Phi) is 4.85. The van der Waals surface area contributed by atoms with Gasteiger partial charge in [-0.15, -0.1) is 5.06 Å². The van der Waals surface area contributed by atoms with E-state index in [-0.39, 0.29) is 5.91 Å². The van der Waals surface area contributed by atoms with E-state index in [0.717, 1.165) is 11.4 Å². The molecule has 1 amide bonds. The number of benzene rings is 3. The van der Waals surface area contributed by atoms with Gasteiger partial charge in [-0.2, -0.15) is 0 Å². The lowest BCUT2D eigenvalue weighted by molar-refractivity contribution is -0.120. The zero-order chi connectivity index (χ0) is 17.6. The lowest BCUT2D eigenvalue weighted by atomic mass is 10.2. The van der Waals surface area contributed by atoms with Crippen molar-refractivity contribution in [1.82, 2.24) is 0 Å². The first-order chi connectivity index (χ1) is 12.1. The van der Waals surface area contributed by atoms with E-state index < -0.39 is 0 Å². The summed E-state index contributed by atoms with van der Waals surface area (Å²) in [6.07, 6.45) is 0. The van der Waals surface area contributed by atoms with Gasteiger partial charge in [0.2, 0.25) is 0 Å². The minimum atomic E-state index is -0.222. The van der Waals surface area contributed by atoms with Crippen molar-refractivity contribution < 1.29 is 9.63 Å². The number of nitrogens with one attached hydrogen (secondary N) is 1. The van der Waals surface area contributed by atoms with Crippen LogP contribution in [-0.4, -0.2) is 5.91 Å². The Balaban J connectivity index is 1.75. The van der Waals surface area contributed by atoms with Gasteiger partial charge in [0, 0.05) is 24.0 Å². The molecule has 0 aliphatic rings. The molecule has 0 bridgehead atoms. The fourth-order valence-corrected chi connectivity index (χ4v) is 2.30. The molecule has 5 heteroatoms. The van der Waals surface area contributed by atoms with E-state index in [4.69, 9.17) is 10.6 Å². The van der Waals surface area contributed by atoms with E-state index in [1.165, 1.54) is 12.0 Å². The summed E-state index contributed by atoms with van der Waals surface area (Å²) >= 11 is 0. The number of hydrogen-bond donors (Lipinski definition) is 2. The highest BCUT2D eigenvalue weighted by molar-refractivity contribution is 5.90. The Labute approximate surface area is 146 Å². The van der Waals surface area contributed by atoms with Crippen molar-refractivity contribution in [3.8, 4) is 5.75 Å². The number of hydrogen-bond acceptors (Lipinski definition) is 4. The lowest BCUT2D eigenvalue weighted by Gasteiger charge is -2.21. The third-order valence-corrected chi connectivity index (χ3v) is 3.53. The summed E-state index contributed by atoms with van der Waals surface area (Å²) in [6, 6.07) is 24.2. The number of carbonyl (C=O) groups excluding carboxylic acids is 1. The monoisotopic (exact) mass is 333 g/mol. The number of nitrogens with zero attached hydrogens (tertiary/aromatic N) is 1. The summed E-state index contributed by atoms with van der Waals surface area (Å²) in [6.45, 7) is 1.45. The van der Waals surface area contributed by atoms with Crippen LogP contribution in [-0.2, 0) is 4.79 Å². The highest BCUT2D eigenvalue weighted by atomic mass is 16.7. The SMILES string of the molecule is CC(=O)N(Oc1ccc(N)cc1)c1ccc(Nc2ccccc2)cc1. The fraction of sp³-hybridized carbons (Fsp3) is 0.0500. The number of anilines is 4. The number of carbonyl (C=O) groups is 1. The molecule has 0 spiro atoms. The Morgan fingerprint density at radius 1 is 0.880 bits per heavy atom. The van der Waals surface area contributed by atoms with Gasteiger partial charge in [-0.05, 0) is 60.7 Å². The van der Waals surface area contributed by atoms with Crippen molar-refractivity contribution in [3.05, 3.63) is 78.9 Å². The van der Waals surface area contributed by atoms with Crippen LogP contribution in [0.25, 0.3) is 0 Å². The molecule has 0 aromatic heterocycles. The van der Waals surface area contributed by atoms with Gasteiger partial charge in [0.15, 0.2) is 5.75 Å². The van der Waals surface area contributed by atoms with Crippen LogP contribution in [0.15, 0.2) is 78.9 Å². The van der Waals surface area contributed by atoms with Crippen molar-refractivity contribution in [2.45, 2.75) is 6.92 Å². The van der Waals surface area contributed by atoms with Gasteiger partial charge in [-0.3, -0.25) is 4.79 Å². The van der Waals surface area contributed by atoms with Gasteiger partial charge in [0.05, 0.1) is 5.69 Å². The fourth-order valence-electron chi connectivity index (χ4n) is 2.30. The molecular formula is C20H19N3O2. The molecule has 3 rings (SSSR count). The average molecular weight is 333 g/mol. The Hall–Kier alpha value is -3.47. The van der Waals surface area contributed by atoms with Gasteiger partial charge < -0.3 is 15.9 Å². The Morgan fingerprint density at radius 3 is 2.08 bits per heavy atom.